The summed E-state index contributed by atoms with van der Waals surface area (Å²) in [6, 6.07) is 7.85. The van der Waals surface area contributed by atoms with E-state index in [0.29, 0.717) is 0 Å². The van der Waals surface area contributed by atoms with Gasteiger partial charge in [-0.1, -0.05) is 30.3 Å². The predicted octanol–water partition coefficient (Wildman–Crippen LogP) is 1.10. The Morgan fingerprint density at radius 3 is 2.48 bits per heavy atom. The fourth-order valence-corrected chi connectivity index (χ4v) is 1.80. The van der Waals surface area contributed by atoms with Crippen molar-refractivity contribution in [2.45, 2.75) is 31.9 Å². The highest BCUT2D eigenvalue weighted by Crippen LogP contribution is 2.28. The average molecular weight is 291 g/mol. The van der Waals surface area contributed by atoms with Crippen molar-refractivity contribution in [1.82, 2.24) is 5.32 Å². The summed E-state index contributed by atoms with van der Waals surface area (Å²) in [7, 11) is 0. The smallest absolute Gasteiger partial charge is 0.326 e. The third-order valence-corrected chi connectivity index (χ3v) is 3.18. The van der Waals surface area contributed by atoms with E-state index in [1.807, 2.05) is 18.2 Å². The summed E-state index contributed by atoms with van der Waals surface area (Å²) in [4.78, 5) is 34.3. The molecule has 1 saturated carbocycles. The molecule has 1 aromatic carbocycles. The van der Waals surface area contributed by atoms with E-state index in [0.717, 1.165) is 18.4 Å². The molecule has 0 unspecified atom stereocenters. The van der Waals surface area contributed by atoms with Gasteiger partial charge in [0.05, 0.1) is 6.42 Å². The van der Waals surface area contributed by atoms with Crippen molar-refractivity contribution in [3.63, 3.8) is 0 Å². The van der Waals surface area contributed by atoms with Gasteiger partial charge in [0.2, 0.25) is 5.91 Å². The van der Waals surface area contributed by atoms with Crippen molar-refractivity contribution in [2.24, 2.45) is 5.92 Å². The molecular weight excluding hydrogens is 274 g/mol. The Hall–Kier alpha value is -2.37. The number of rotatable bonds is 7. The summed E-state index contributed by atoms with van der Waals surface area (Å²) in [5, 5.41) is 11.4. The largest absolute Gasteiger partial charge is 0.480 e. The van der Waals surface area contributed by atoms with E-state index in [-0.39, 0.29) is 24.9 Å². The van der Waals surface area contributed by atoms with Crippen LogP contribution in [-0.4, -0.2) is 29.0 Å². The molecule has 0 heterocycles. The number of carbonyl (C=O) groups excluding carboxylic acids is 2. The molecule has 0 spiro atoms. The summed E-state index contributed by atoms with van der Waals surface area (Å²) in [6.07, 6.45) is 1.17. The molecule has 0 aliphatic heterocycles. The molecule has 6 heteroatoms. The molecule has 0 radical (unpaired) electrons. The van der Waals surface area contributed by atoms with Crippen LogP contribution in [0, 0.1) is 5.92 Å². The third-order valence-electron chi connectivity index (χ3n) is 3.18. The van der Waals surface area contributed by atoms with Gasteiger partial charge in [-0.25, -0.2) is 4.79 Å². The molecule has 1 aliphatic carbocycles. The molecule has 21 heavy (non-hydrogen) atoms. The van der Waals surface area contributed by atoms with E-state index < -0.39 is 18.0 Å². The average Bonchev–Trinajstić information content (AvgIpc) is 3.30. The Labute approximate surface area is 122 Å². The first-order valence-corrected chi connectivity index (χ1v) is 6.79. The highest BCUT2D eigenvalue weighted by molar-refractivity contribution is 5.88. The van der Waals surface area contributed by atoms with Gasteiger partial charge in [0, 0.05) is 5.92 Å². The van der Waals surface area contributed by atoms with Gasteiger partial charge in [-0.3, -0.25) is 9.59 Å². The second-order valence-corrected chi connectivity index (χ2v) is 5.02. The molecule has 2 N–H and O–H groups in total. The molecule has 112 valence electrons. The SMILES string of the molecule is O=C(C[C@@H](NC(=O)C1CC1)C(=O)O)OCc1ccccc1. The van der Waals surface area contributed by atoms with Crippen LogP contribution < -0.4 is 5.32 Å². The first-order valence-electron chi connectivity index (χ1n) is 6.79. The van der Waals surface area contributed by atoms with Crippen molar-refractivity contribution in [2.75, 3.05) is 0 Å². The van der Waals surface area contributed by atoms with Gasteiger partial charge >= 0.3 is 11.9 Å². The summed E-state index contributed by atoms with van der Waals surface area (Å²) >= 11 is 0. The molecule has 1 fully saturated rings. The maximum absolute atomic E-state index is 11.7. The first-order chi connectivity index (χ1) is 10.1. The quantitative estimate of drug-likeness (QED) is 0.734. The fourth-order valence-electron chi connectivity index (χ4n) is 1.80. The zero-order valence-corrected chi connectivity index (χ0v) is 11.5. The number of nitrogens with one attached hydrogen (secondary N) is 1. The second kappa shape index (κ2) is 6.88. The number of esters is 1. The van der Waals surface area contributed by atoms with Gasteiger partial charge in [-0.05, 0) is 18.4 Å². The number of hydrogen-bond donors (Lipinski definition) is 2. The van der Waals surface area contributed by atoms with Crippen molar-refractivity contribution in [1.29, 1.82) is 0 Å². The maximum atomic E-state index is 11.7. The van der Waals surface area contributed by atoms with E-state index in [2.05, 4.69) is 5.32 Å². The molecule has 1 aliphatic rings. The first kappa shape index (κ1) is 15.0. The number of carbonyl (C=O) groups is 3. The fraction of sp³-hybridized carbons (Fsp3) is 0.400. The summed E-state index contributed by atoms with van der Waals surface area (Å²) in [5.41, 5.74) is 0.819. The molecule has 1 amide bonds. The van der Waals surface area contributed by atoms with E-state index in [1.165, 1.54) is 0 Å². The van der Waals surface area contributed by atoms with Crippen LogP contribution >= 0.6 is 0 Å². The highest BCUT2D eigenvalue weighted by atomic mass is 16.5. The number of benzene rings is 1. The standard InChI is InChI=1S/C15H17NO5/c17-13(21-9-10-4-2-1-3-5-10)8-12(15(19)20)16-14(18)11-6-7-11/h1-5,11-12H,6-9H2,(H,16,18)(H,19,20)/t12-/m1/s1. The lowest BCUT2D eigenvalue weighted by Crippen LogP contribution is -2.43. The normalized spacial score (nSPS) is 15.0. The summed E-state index contributed by atoms with van der Waals surface area (Å²) in [5.74, 6) is -2.30. The minimum atomic E-state index is -1.24. The van der Waals surface area contributed by atoms with E-state index in [9.17, 15) is 14.4 Å². The Kier molecular flexibility index (Phi) is 4.92. The zero-order valence-electron chi connectivity index (χ0n) is 11.5. The van der Waals surface area contributed by atoms with Crippen molar-refractivity contribution in [3.05, 3.63) is 35.9 Å². The molecule has 1 atom stereocenters. The topological polar surface area (TPSA) is 92.7 Å². The van der Waals surface area contributed by atoms with Gasteiger partial charge in [-0.15, -0.1) is 0 Å². The molecule has 2 rings (SSSR count). The predicted molar refractivity (Wildman–Crippen MR) is 73.1 cm³/mol. The van der Waals surface area contributed by atoms with E-state index in [1.54, 1.807) is 12.1 Å². The van der Waals surface area contributed by atoms with Crippen LogP contribution in [0.25, 0.3) is 0 Å². The zero-order chi connectivity index (χ0) is 15.2. The van der Waals surface area contributed by atoms with Crippen LogP contribution in [0.4, 0.5) is 0 Å². The van der Waals surface area contributed by atoms with Crippen molar-refractivity contribution < 1.29 is 24.2 Å². The Morgan fingerprint density at radius 1 is 1.24 bits per heavy atom. The number of aliphatic carboxylic acids is 1. The molecule has 0 bridgehead atoms. The Balaban J connectivity index is 1.80. The lowest BCUT2D eigenvalue weighted by atomic mass is 10.2. The number of amides is 1. The molecule has 0 aromatic heterocycles. The molecular formula is C15H17NO5. The Morgan fingerprint density at radius 2 is 1.90 bits per heavy atom. The van der Waals surface area contributed by atoms with Crippen LogP contribution in [-0.2, 0) is 25.7 Å². The third kappa shape index (κ3) is 4.91. The van der Waals surface area contributed by atoms with E-state index >= 15 is 0 Å². The molecule has 6 nitrogen and oxygen atoms in total. The van der Waals surface area contributed by atoms with Crippen LogP contribution in [0.1, 0.15) is 24.8 Å². The summed E-state index contributed by atoms with van der Waals surface area (Å²) < 4.78 is 5.01. The van der Waals surface area contributed by atoms with Gasteiger partial charge in [-0.2, -0.15) is 0 Å². The van der Waals surface area contributed by atoms with Crippen LogP contribution in [0.15, 0.2) is 30.3 Å². The highest BCUT2D eigenvalue weighted by Gasteiger charge is 2.33. The second-order valence-electron chi connectivity index (χ2n) is 5.02. The van der Waals surface area contributed by atoms with Gasteiger partial charge in [0.1, 0.15) is 12.6 Å². The van der Waals surface area contributed by atoms with E-state index in [4.69, 9.17) is 9.84 Å². The van der Waals surface area contributed by atoms with Crippen LogP contribution in [0.2, 0.25) is 0 Å². The number of ether oxygens (including phenoxy) is 1. The number of carboxylic acids is 1. The van der Waals surface area contributed by atoms with Gasteiger partial charge < -0.3 is 15.2 Å². The van der Waals surface area contributed by atoms with Crippen LogP contribution in [0.5, 0.6) is 0 Å². The van der Waals surface area contributed by atoms with Crippen molar-refractivity contribution in [3.8, 4) is 0 Å². The molecule has 1 aromatic rings. The lowest BCUT2D eigenvalue weighted by Gasteiger charge is -2.13. The molecule has 0 saturated heterocycles. The monoisotopic (exact) mass is 291 g/mol. The number of hydrogen-bond acceptors (Lipinski definition) is 4. The van der Waals surface area contributed by atoms with Gasteiger partial charge in [0.15, 0.2) is 0 Å². The Bertz CT molecular complexity index is 524. The van der Waals surface area contributed by atoms with Crippen molar-refractivity contribution >= 4 is 17.8 Å². The minimum absolute atomic E-state index is 0.0859. The van der Waals surface area contributed by atoms with Crippen LogP contribution in [0.3, 0.4) is 0 Å². The minimum Gasteiger partial charge on any atom is -0.480 e. The maximum Gasteiger partial charge on any atom is 0.326 e. The number of carboxylic acid groups (broad SMARTS) is 1. The lowest BCUT2D eigenvalue weighted by molar-refractivity contribution is -0.151. The summed E-state index contributed by atoms with van der Waals surface area (Å²) in [6.45, 7) is 0.0859. The van der Waals surface area contributed by atoms with Gasteiger partial charge in [0.25, 0.3) is 0 Å².